The summed E-state index contributed by atoms with van der Waals surface area (Å²) in [7, 11) is 1.92. The van der Waals surface area contributed by atoms with Crippen LogP contribution in [0.5, 0.6) is 11.5 Å². The molecule has 3 rings (SSSR count). The van der Waals surface area contributed by atoms with Crippen LogP contribution >= 0.6 is 8.53 Å². The van der Waals surface area contributed by atoms with E-state index in [1.165, 1.54) is 0 Å². The van der Waals surface area contributed by atoms with Gasteiger partial charge in [0.15, 0.2) is 0 Å². The van der Waals surface area contributed by atoms with E-state index in [1.807, 2.05) is 73.7 Å². The zero-order valence-electron chi connectivity index (χ0n) is 28.4. The fourth-order valence-electron chi connectivity index (χ4n) is 5.17. The average Bonchev–Trinajstić information content (AvgIpc) is 3.06. The quantitative estimate of drug-likeness (QED) is 0.0402. The Morgan fingerprint density at radius 1 is 0.804 bits per heavy atom. The van der Waals surface area contributed by atoms with Gasteiger partial charge in [-0.25, -0.2) is 4.67 Å². The molecular formula is C38H50NO6P. The van der Waals surface area contributed by atoms with Crippen molar-refractivity contribution in [2.75, 3.05) is 40.6 Å². The molecule has 0 aliphatic rings. The summed E-state index contributed by atoms with van der Waals surface area (Å²) in [6.07, 6.45) is 5.60. The van der Waals surface area contributed by atoms with Crippen molar-refractivity contribution in [3.8, 4) is 23.8 Å². The van der Waals surface area contributed by atoms with Gasteiger partial charge in [0.25, 0.3) is 8.53 Å². The van der Waals surface area contributed by atoms with Crippen LogP contribution in [0.25, 0.3) is 0 Å². The van der Waals surface area contributed by atoms with Crippen molar-refractivity contribution in [2.45, 2.75) is 64.8 Å². The van der Waals surface area contributed by atoms with Crippen molar-refractivity contribution < 1.29 is 28.0 Å². The summed E-state index contributed by atoms with van der Waals surface area (Å²) in [5, 5.41) is 0. The zero-order valence-corrected chi connectivity index (χ0v) is 29.3. The van der Waals surface area contributed by atoms with Crippen molar-refractivity contribution >= 4 is 8.53 Å². The molecule has 46 heavy (non-hydrogen) atoms. The van der Waals surface area contributed by atoms with Gasteiger partial charge in [-0.1, -0.05) is 66.7 Å². The lowest BCUT2D eigenvalue weighted by Crippen LogP contribution is -2.38. The number of hydrogen-bond acceptors (Lipinski definition) is 7. The molecule has 3 aromatic carbocycles. The number of benzene rings is 3. The maximum absolute atomic E-state index is 7.13. The molecule has 0 saturated heterocycles. The van der Waals surface area contributed by atoms with E-state index < -0.39 is 20.2 Å². The van der Waals surface area contributed by atoms with Crippen molar-refractivity contribution in [1.82, 2.24) is 4.67 Å². The SMILES string of the molecule is C#CCCOP(OCC(COC(c1ccccc1)(c1ccc(OC)cc1)c1ccc(OC)cc1)OCC(=C)C)N(C(C)C)C(C)C. The first-order chi connectivity index (χ1) is 22.2. The number of nitrogens with zero attached hydrogens (tertiary/aromatic N) is 1. The van der Waals surface area contributed by atoms with Gasteiger partial charge in [0.1, 0.15) is 23.2 Å². The first kappa shape index (κ1) is 37.2. The Kier molecular flexibility index (Phi) is 15.2. The maximum atomic E-state index is 7.13. The summed E-state index contributed by atoms with van der Waals surface area (Å²) >= 11 is 0. The molecule has 8 heteroatoms. The molecule has 2 atom stereocenters. The van der Waals surface area contributed by atoms with Crippen LogP contribution < -0.4 is 9.47 Å². The van der Waals surface area contributed by atoms with E-state index in [-0.39, 0.29) is 25.3 Å². The Labute approximate surface area is 277 Å². The van der Waals surface area contributed by atoms with Gasteiger partial charge in [0.05, 0.1) is 40.6 Å². The molecule has 248 valence electrons. The summed E-state index contributed by atoms with van der Waals surface area (Å²) in [6.45, 7) is 15.8. The summed E-state index contributed by atoms with van der Waals surface area (Å²) < 4.78 is 39.5. The van der Waals surface area contributed by atoms with Crippen LogP contribution in [0.1, 0.15) is 57.7 Å². The van der Waals surface area contributed by atoms with E-state index in [2.05, 4.69) is 57.0 Å². The molecule has 0 radical (unpaired) electrons. The lowest BCUT2D eigenvalue weighted by atomic mass is 9.80. The minimum Gasteiger partial charge on any atom is -0.497 e. The topological polar surface area (TPSA) is 58.6 Å². The number of methoxy groups -OCH3 is 2. The standard InChI is InChI=1S/C38H50NO6P/c1-10-11-25-44-46(39(30(4)5)31(6)7)45-28-37(42-26-29(2)3)27-43-38(32-15-13-12-14-16-32,33-17-21-35(40-8)22-18-33)34-19-23-36(41-9)24-20-34/h1,12-24,30-31,37H,2,11,25-28H2,3-9H3. The molecular weight excluding hydrogens is 597 g/mol. The average molecular weight is 648 g/mol. The Balaban J connectivity index is 2.04. The third-order valence-electron chi connectivity index (χ3n) is 7.29. The van der Waals surface area contributed by atoms with Gasteiger partial charge >= 0.3 is 0 Å². The number of rotatable bonds is 20. The van der Waals surface area contributed by atoms with Crippen molar-refractivity contribution in [1.29, 1.82) is 0 Å². The van der Waals surface area contributed by atoms with Gasteiger partial charge in [-0.3, -0.25) is 0 Å². The Morgan fingerprint density at radius 3 is 1.78 bits per heavy atom. The number of ether oxygens (including phenoxy) is 4. The van der Waals surface area contributed by atoms with E-state index in [9.17, 15) is 0 Å². The minimum atomic E-state index is -1.40. The number of terminal acetylenes is 1. The summed E-state index contributed by atoms with van der Waals surface area (Å²) in [5.41, 5.74) is 2.77. The Morgan fingerprint density at radius 2 is 1.33 bits per heavy atom. The summed E-state index contributed by atoms with van der Waals surface area (Å²) in [6, 6.07) is 26.6. The van der Waals surface area contributed by atoms with Crippen LogP contribution in [0.2, 0.25) is 0 Å². The van der Waals surface area contributed by atoms with Gasteiger partial charge in [0, 0.05) is 18.5 Å². The molecule has 0 saturated carbocycles. The molecule has 0 aliphatic heterocycles. The normalized spacial score (nSPS) is 13.1. The first-order valence-corrected chi connectivity index (χ1v) is 16.8. The molecule has 0 aliphatic carbocycles. The van der Waals surface area contributed by atoms with Crippen LogP contribution in [0, 0.1) is 12.3 Å². The highest BCUT2D eigenvalue weighted by Gasteiger charge is 2.39. The van der Waals surface area contributed by atoms with Gasteiger partial charge in [-0.2, -0.15) is 0 Å². The van der Waals surface area contributed by atoms with Crippen molar-refractivity contribution in [3.05, 3.63) is 108 Å². The van der Waals surface area contributed by atoms with Crippen LogP contribution in [0.15, 0.2) is 91.0 Å². The molecule has 2 unspecified atom stereocenters. The second kappa shape index (κ2) is 18.8. The lowest BCUT2D eigenvalue weighted by molar-refractivity contribution is -0.0739. The molecule has 7 nitrogen and oxygen atoms in total. The minimum absolute atomic E-state index is 0.207. The Bertz CT molecular complexity index is 1300. The van der Waals surface area contributed by atoms with Crippen LogP contribution in [0.3, 0.4) is 0 Å². The van der Waals surface area contributed by atoms with Crippen molar-refractivity contribution in [2.24, 2.45) is 0 Å². The molecule has 0 fully saturated rings. The lowest BCUT2D eigenvalue weighted by Gasteiger charge is -2.38. The maximum Gasteiger partial charge on any atom is 0.259 e. The van der Waals surface area contributed by atoms with E-state index in [0.29, 0.717) is 19.6 Å². The third-order valence-corrected chi connectivity index (χ3v) is 9.36. The molecule has 0 bridgehead atoms. The fourth-order valence-corrected chi connectivity index (χ4v) is 6.81. The monoisotopic (exact) mass is 647 g/mol. The first-order valence-electron chi connectivity index (χ1n) is 15.7. The molecule has 0 aromatic heterocycles. The highest BCUT2D eigenvalue weighted by molar-refractivity contribution is 7.44. The number of hydrogen-bond donors (Lipinski definition) is 0. The fraction of sp³-hybridized carbons (Fsp3) is 0.421. The van der Waals surface area contributed by atoms with E-state index in [1.54, 1.807) is 14.2 Å². The van der Waals surface area contributed by atoms with E-state index in [4.69, 9.17) is 34.4 Å². The van der Waals surface area contributed by atoms with Gasteiger partial charge in [0.2, 0.25) is 0 Å². The zero-order chi connectivity index (χ0) is 33.5. The second-order valence-corrected chi connectivity index (χ2v) is 13.0. The van der Waals surface area contributed by atoms with E-state index in [0.717, 1.165) is 33.8 Å². The van der Waals surface area contributed by atoms with Crippen LogP contribution in [-0.2, 0) is 24.1 Å². The van der Waals surface area contributed by atoms with Gasteiger partial charge in [-0.05, 0) is 75.6 Å². The highest BCUT2D eigenvalue weighted by atomic mass is 31.2. The predicted molar refractivity (Wildman–Crippen MR) is 187 cm³/mol. The van der Waals surface area contributed by atoms with E-state index >= 15 is 0 Å². The van der Waals surface area contributed by atoms with Crippen LogP contribution in [0.4, 0.5) is 0 Å². The van der Waals surface area contributed by atoms with Gasteiger partial charge < -0.3 is 28.0 Å². The predicted octanol–water partition coefficient (Wildman–Crippen LogP) is 8.38. The van der Waals surface area contributed by atoms with Crippen LogP contribution in [-0.4, -0.2) is 63.5 Å². The largest absolute Gasteiger partial charge is 0.497 e. The molecule has 0 heterocycles. The molecule has 0 amide bonds. The molecule has 0 spiro atoms. The smallest absolute Gasteiger partial charge is 0.259 e. The molecule has 0 N–H and O–H groups in total. The second-order valence-electron chi connectivity index (χ2n) is 11.6. The summed E-state index contributed by atoms with van der Waals surface area (Å²) in [4.78, 5) is 0. The Hall–Kier alpha value is -3.21. The highest BCUT2D eigenvalue weighted by Crippen LogP contribution is 2.46. The summed E-state index contributed by atoms with van der Waals surface area (Å²) in [5.74, 6) is 4.17. The molecule has 3 aromatic rings. The third kappa shape index (κ3) is 10.1. The van der Waals surface area contributed by atoms with Gasteiger partial charge in [-0.15, -0.1) is 12.3 Å². The van der Waals surface area contributed by atoms with Crippen molar-refractivity contribution in [3.63, 3.8) is 0 Å².